The van der Waals surface area contributed by atoms with E-state index in [-0.39, 0.29) is 18.2 Å². The summed E-state index contributed by atoms with van der Waals surface area (Å²) in [6, 6.07) is 11.0. The molecule has 2 amide bonds. The number of pyridine rings is 1. The van der Waals surface area contributed by atoms with Crippen LogP contribution < -0.4 is 10.7 Å². The number of aromatic nitrogens is 1. The van der Waals surface area contributed by atoms with Crippen LogP contribution in [-0.2, 0) is 11.2 Å². The van der Waals surface area contributed by atoms with E-state index in [2.05, 4.69) is 27.8 Å². The molecular weight excluding hydrogens is 304 g/mol. The van der Waals surface area contributed by atoms with E-state index in [1.165, 1.54) is 11.8 Å². The van der Waals surface area contributed by atoms with Crippen molar-refractivity contribution in [1.29, 1.82) is 0 Å². The number of nitrogens with zero attached hydrogens (tertiary/aromatic N) is 2. The van der Waals surface area contributed by atoms with Crippen molar-refractivity contribution in [1.82, 2.24) is 10.4 Å². The number of nitrogens with one attached hydrogen (secondary N) is 2. The molecule has 0 spiro atoms. The molecule has 2 rings (SSSR count). The molecule has 0 aliphatic heterocycles. The fourth-order valence-corrected chi connectivity index (χ4v) is 2.01. The molecule has 1 aromatic carbocycles. The van der Waals surface area contributed by atoms with Crippen molar-refractivity contribution in [3.63, 3.8) is 0 Å². The van der Waals surface area contributed by atoms with Crippen LogP contribution in [0.2, 0.25) is 0 Å². The Morgan fingerprint density at radius 3 is 2.54 bits per heavy atom. The van der Waals surface area contributed by atoms with Crippen LogP contribution in [0.3, 0.4) is 0 Å². The Bertz CT molecular complexity index is 724. The summed E-state index contributed by atoms with van der Waals surface area (Å²) >= 11 is 0. The molecule has 6 heteroatoms. The molecule has 0 saturated heterocycles. The highest BCUT2D eigenvalue weighted by Crippen LogP contribution is 2.10. The van der Waals surface area contributed by atoms with Crippen LogP contribution in [-0.4, -0.2) is 22.5 Å². The Morgan fingerprint density at radius 1 is 1.17 bits per heavy atom. The third-order valence-electron chi connectivity index (χ3n) is 3.33. The number of aryl methyl sites for hydroxylation is 1. The van der Waals surface area contributed by atoms with Crippen LogP contribution >= 0.6 is 0 Å². The van der Waals surface area contributed by atoms with E-state index < -0.39 is 0 Å². The molecule has 0 atom stereocenters. The Kier molecular flexibility index (Phi) is 6.19. The molecule has 0 fully saturated rings. The second-order valence-corrected chi connectivity index (χ2v) is 5.31. The summed E-state index contributed by atoms with van der Waals surface area (Å²) in [5, 5.41) is 6.74. The Morgan fingerprint density at radius 2 is 1.92 bits per heavy atom. The molecule has 0 bridgehead atoms. The molecule has 0 saturated carbocycles. The van der Waals surface area contributed by atoms with E-state index in [0.717, 1.165) is 12.1 Å². The van der Waals surface area contributed by atoms with Crippen LogP contribution in [0.1, 0.15) is 36.2 Å². The van der Waals surface area contributed by atoms with Crippen LogP contribution in [0, 0.1) is 0 Å². The smallest absolute Gasteiger partial charge is 0.272 e. The summed E-state index contributed by atoms with van der Waals surface area (Å²) in [7, 11) is 0. The molecule has 0 unspecified atom stereocenters. The third kappa shape index (κ3) is 5.31. The molecule has 0 aliphatic rings. The van der Waals surface area contributed by atoms with Gasteiger partial charge in [-0.25, -0.2) is 5.43 Å². The van der Waals surface area contributed by atoms with Gasteiger partial charge in [0.1, 0.15) is 0 Å². The maximum atomic E-state index is 12.0. The van der Waals surface area contributed by atoms with E-state index in [4.69, 9.17) is 0 Å². The molecule has 0 aliphatic carbocycles. The lowest BCUT2D eigenvalue weighted by Crippen LogP contribution is -2.21. The normalized spacial score (nSPS) is 11.0. The molecule has 2 aromatic rings. The lowest BCUT2D eigenvalue weighted by Gasteiger charge is -2.06. The minimum absolute atomic E-state index is 0.100. The van der Waals surface area contributed by atoms with Gasteiger partial charge in [0, 0.05) is 23.8 Å². The van der Waals surface area contributed by atoms with Gasteiger partial charge in [-0.1, -0.05) is 19.1 Å². The Balaban J connectivity index is 1.85. The topological polar surface area (TPSA) is 83.5 Å². The SMILES string of the molecule is CCc1ccc(NC(=O)C/C(C)=N/NC(=O)c2cccnc2)cc1. The van der Waals surface area contributed by atoms with Gasteiger partial charge in [-0.2, -0.15) is 5.10 Å². The first-order valence-corrected chi connectivity index (χ1v) is 7.71. The van der Waals surface area contributed by atoms with Gasteiger partial charge in [-0.3, -0.25) is 14.6 Å². The molecular formula is C18H20N4O2. The van der Waals surface area contributed by atoms with Gasteiger partial charge >= 0.3 is 0 Å². The van der Waals surface area contributed by atoms with E-state index in [9.17, 15) is 9.59 Å². The largest absolute Gasteiger partial charge is 0.326 e. The van der Waals surface area contributed by atoms with Gasteiger partial charge < -0.3 is 5.32 Å². The van der Waals surface area contributed by atoms with Gasteiger partial charge in [0.2, 0.25) is 5.91 Å². The third-order valence-corrected chi connectivity index (χ3v) is 3.33. The molecule has 2 N–H and O–H groups in total. The van der Waals surface area contributed by atoms with E-state index in [1.54, 1.807) is 25.3 Å². The van der Waals surface area contributed by atoms with Crippen molar-refractivity contribution in [2.75, 3.05) is 5.32 Å². The zero-order valence-electron chi connectivity index (χ0n) is 13.7. The zero-order valence-corrected chi connectivity index (χ0v) is 13.7. The summed E-state index contributed by atoms with van der Waals surface area (Å²) in [4.78, 5) is 27.7. The Hall–Kier alpha value is -3.02. The predicted molar refractivity (Wildman–Crippen MR) is 93.9 cm³/mol. The van der Waals surface area contributed by atoms with Crippen molar-refractivity contribution >= 4 is 23.2 Å². The van der Waals surface area contributed by atoms with Gasteiger partial charge in [0.05, 0.1) is 12.0 Å². The molecule has 1 aromatic heterocycles. The quantitative estimate of drug-likeness (QED) is 0.633. The van der Waals surface area contributed by atoms with Crippen LogP contribution in [0.5, 0.6) is 0 Å². The van der Waals surface area contributed by atoms with Gasteiger partial charge in [-0.15, -0.1) is 0 Å². The summed E-state index contributed by atoms with van der Waals surface area (Å²) in [5.41, 5.74) is 5.28. The fraction of sp³-hybridized carbons (Fsp3) is 0.222. The van der Waals surface area contributed by atoms with Crippen LogP contribution in [0.25, 0.3) is 0 Å². The number of hydrogen-bond donors (Lipinski definition) is 2. The number of rotatable bonds is 6. The van der Waals surface area contributed by atoms with E-state index >= 15 is 0 Å². The highest BCUT2D eigenvalue weighted by atomic mass is 16.2. The number of hydrogen-bond acceptors (Lipinski definition) is 4. The summed E-state index contributed by atoms with van der Waals surface area (Å²) in [6.45, 7) is 3.76. The second kappa shape index (κ2) is 8.57. The lowest BCUT2D eigenvalue weighted by molar-refractivity contribution is -0.115. The zero-order chi connectivity index (χ0) is 17.4. The summed E-state index contributed by atoms with van der Waals surface area (Å²) in [5.74, 6) is -0.547. The number of benzene rings is 1. The Labute approximate surface area is 141 Å². The average Bonchev–Trinajstić information content (AvgIpc) is 2.61. The average molecular weight is 324 g/mol. The number of anilines is 1. The first-order chi connectivity index (χ1) is 11.6. The maximum Gasteiger partial charge on any atom is 0.272 e. The van der Waals surface area contributed by atoms with E-state index in [1.807, 2.05) is 24.3 Å². The fourth-order valence-electron chi connectivity index (χ4n) is 2.01. The van der Waals surface area contributed by atoms with Crippen molar-refractivity contribution in [3.05, 3.63) is 59.9 Å². The lowest BCUT2D eigenvalue weighted by atomic mass is 10.1. The first kappa shape index (κ1) is 17.3. The van der Waals surface area contributed by atoms with Crippen LogP contribution in [0.4, 0.5) is 5.69 Å². The first-order valence-electron chi connectivity index (χ1n) is 7.71. The van der Waals surface area contributed by atoms with Gasteiger partial charge in [0.25, 0.3) is 5.91 Å². The van der Waals surface area contributed by atoms with Crippen molar-refractivity contribution in [2.24, 2.45) is 5.10 Å². The van der Waals surface area contributed by atoms with Crippen LogP contribution in [0.15, 0.2) is 53.9 Å². The monoisotopic (exact) mass is 324 g/mol. The number of carbonyl (C=O) groups is 2. The second-order valence-electron chi connectivity index (χ2n) is 5.31. The predicted octanol–water partition coefficient (Wildman–Crippen LogP) is 2.78. The van der Waals surface area contributed by atoms with E-state index in [0.29, 0.717) is 11.3 Å². The summed E-state index contributed by atoms with van der Waals surface area (Å²) < 4.78 is 0. The van der Waals surface area contributed by atoms with Gasteiger partial charge in [0.15, 0.2) is 0 Å². The van der Waals surface area contributed by atoms with Gasteiger partial charge in [-0.05, 0) is 43.2 Å². The maximum absolute atomic E-state index is 12.0. The molecule has 6 nitrogen and oxygen atoms in total. The highest BCUT2D eigenvalue weighted by Gasteiger charge is 2.07. The molecule has 124 valence electrons. The molecule has 24 heavy (non-hydrogen) atoms. The molecule has 0 radical (unpaired) electrons. The number of carbonyl (C=O) groups excluding carboxylic acids is 2. The number of hydrazone groups is 1. The number of amides is 2. The van der Waals surface area contributed by atoms with Crippen molar-refractivity contribution in [3.8, 4) is 0 Å². The standard InChI is InChI=1S/C18H20N4O2/c1-3-14-6-8-16(9-7-14)20-17(23)11-13(2)21-22-18(24)15-5-4-10-19-12-15/h4-10,12H,3,11H2,1-2H3,(H,20,23)(H,22,24)/b21-13+. The highest BCUT2D eigenvalue weighted by molar-refractivity contribution is 6.06. The van der Waals surface area contributed by atoms with Crippen molar-refractivity contribution in [2.45, 2.75) is 26.7 Å². The molecule has 1 heterocycles. The summed E-state index contributed by atoms with van der Waals surface area (Å²) in [6.07, 6.45) is 4.09. The van der Waals surface area contributed by atoms with Crippen molar-refractivity contribution < 1.29 is 9.59 Å². The minimum atomic E-state index is -0.363. The minimum Gasteiger partial charge on any atom is -0.326 e.